The van der Waals surface area contributed by atoms with E-state index < -0.39 is 0 Å². The van der Waals surface area contributed by atoms with E-state index in [0.717, 1.165) is 18.4 Å². The van der Waals surface area contributed by atoms with Crippen LogP contribution in [0.15, 0.2) is 53.1 Å². The number of benzene rings is 2. The predicted octanol–water partition coefficient (Wildman–Crippen LogP) is 4.16. The first-order chi connectivity index (χ1) is 12.6. The monoisotopic (exact) mass is 351 g/mol. The molecular formula is C20H18FN3O2. The molecular weight excluding hydrogens is 333 g/mol. The Hall–Kier alpha value is -3.02. The quantitative estimate of drug-likeness (QED) is 0.711. The number of nitrogens with zero attached hydrogens (tertiary/aromatic N) is 3. The van der Waals surface area contributed by atoms with Gasteiger partial charge in [0.05, 0.1) is 0 Å². The number of halogens is 1. The zero-order valence-electron chi connectivity index (χ0n) is 14.4. The molecule has 0 unspecified atom stereocenters. The van der Waals surface area contributed by atoms with Crippen molar-refractivity contribution in [1.29, 1.82) is 0 Å². The van der Waals surface area contributed by atoms with Crippen molar-refractivity contribution in [2.45, 2.75) is 25.8 Å². The second kappa shape index (κ2) is 6.71. The number of amides is 1. The summed E-state index contributed by atoms with van der Waals surface area (Å²) in [6.45, 7) is 2.26. The number of likely N-dealkylation sites (tertiary alicyclic amines) is 1. The van der Waals surface area contributed by atoms with Crippen molar-refractivity contribution in [2.75, 3.05) is 6.54 Å². The Labute approximate surface area is 150 Å². The summed E-state index contributed by atoms with van der Waals surface area (Å²) in [5.41, 5.74) is 1.79. The molecule has 3 aromatic rings. The molecule has 1 atom stereocenters. The Bertz CT molecular complexity index is 939. The van der Waals surface area contributed by atoms with Crippen LogP contribution in [0.3, 0.4) is 0 Å². The first-order valence-electron chi connectivity index (χ1n) is 8.59. The zero-order valence-corrected chi connectivity index (χ0v) is 14.4. The Kier molecular flexibility index (Phi) is 4.24. The van der Waals surface area contributed by atoms with Gasteiger partial charge in [-0.1, -0.05) is 35.5 Å². The van der Waals surface area contributed by atoms with Gasteiger partial charge in [0.2, 0.25) is 11.7 Å². The van der Waals surface area contributed by atoms with Gasteiger partial charge in [-0.3, -0.25) is 4.79 Å². The minimum absolute atomic E-state index is 0.143. The first-order valence-corrected chi connectivity index (χ1v) is 8.59. The number of hydrogen-bond acceptors (Lipinski definition) is 4. The van der Waals surface area contributed by atoms with Crippen LogP contribution in [0.5, 0.6) is 0 Å². The Morgan fingerprint density at radius 2 is 2.04 bits per heavy atom. The summed E-state index contributed by atoms with van der Waals surface area (Å²) < 4.78 is 18.9. The van der Waals surface area contributed by atoms with E-state index in [-0.39, 0.29) is 17.8 Å². The van der Waals surface area contributed by atoms with Crippen LogP contribution in [-0.2, 0) is 0 Å². The van der Waals surface area contributed by atoms with Gasteiger partial charge in [0.25, 0.3) is 5.91 Å². The molecule has 0 radical (unpaired) electrons. The summed E-state index contributed by atoms with van der Waals surface area (Å²) in [5, 5.41) is 4.05. The van der Waals surface area contributed by atoms with Crippen LogP contribution < -0.4 is 0 Å². The van der Waals surface area contributed by atoms with Crippen molar-refractivity contribution in [3.05, 3.63) is 71.4 Å². The molecule has 6 heteroatoms. The van der Waals surface area contributed by atoms with Gasteiger partial charge in [0, 0.05) is 17.7 Å². The molecule has 1 aliphatic rings. The van der Waals surface area contributed by atoms with E-state index in [4.69, 9.17) is 4.52 Å². The zero-order chi connectivity index (χ0) is 18.1. The second-order valence-electron chi connectivity index (χ2n) is 6.44. The maximum atomic E-state index is 13.5. The number of carbonyl (C=O) groups is 1. The number of aromatic nitrogens is 2. The van der Waals surface area contributed by atoms with Crippen molar-refractivity contribution in [1.82, 2.24) is 15.0 Å². The van der Waals surface area contributed by atoms with E-state index in [9.17, 15) is 9.18 Å². The molecule has 1 amide bonds. The molecule has 0 spiro atoms. The highest BCUT2D eigenvalue weighted by atomic mass is 19.1. The minimum atomic E-state index is -0.316. The molecule has 4 rings (SSSR count). The van der Waals surface area contributed by atoms with Gasteiger partial charge in [-0.05, 0) is 43.5 Å². The Morgan fingerprint density at radius 1 is 1.23 bits per heavy atom. The molecule has 1 aromatic heterocycles. The molecule has 5 nitrogen and oxygen atoms in total. The maximum Gasteiger partial charge on any atom is 0.254 e. The fourth-order valence-electron chi connectivity index (χ4n) is 3.29. The van der Waals surface area contributed by atoms with Crippen molar-refractivity contribution >= 4 is 5.91 Å². The van der Waals surface area contributed by atoms with E-state index in [1.54, 1.807) is 17.9 Å². The van der Waals surface area contributed by atoms with Crippen LogP contribution in [-0.4, -0.2) is 27.5 Å². The van der Waals surface area contributed by atoms with Crippen LogP contribution in [0.1, 0.15) is 40.7 Å². The van der Waals surface area contributed by atoms with Crippen LogP contribution in [0.2, 0.25) is 0 Å². The Morgan fingerprint density at radius 3 is 2.81 bits per heavy atom. The molecule has 0 aliphatic carbocycles. The third-order valence-electron chi connectivity index (χ3n) is 4.68. The number of aryl methyl sites for hydroxylation is 1. The number of rotatable bonds is 3. The number of carbonyl (C=O) groups excluding carboxylic acids is 1. The third-order valence-corrected chi connectivity index (χ3v) is 4.68. The average molecular weight is 351 g/mol. The minimum Gasteiger partial charge on any atom is -0.337 e. The van der Waals surface area contributed by atoms with Gasteiger partial charge in [-0.15, -0.1) is 0 Å². The van der Waals surface area contributed by atoms with Gasteiger partial charge in [-0.2, -0.15) is 4.98 Å². The Balaban J connectivity index is 1.60. The molecule has 1 saturated heterocycles. The third kappa shape index (κ3) is 2.98. The van der Waals surface area contributed by atoms with Gasteiger partial charge in [0.1, 0.15) is 11.9 Å². The molecule has 1 fully saturated rings. The van der Waals surface area contributed by atoms with Crippen LogP contribution in [0, 0.1) is 12.7 Å². The normalized spacial score (nSPS) is 16.8. The van der Waals surface area contributed by atoms with Crippen LogP contribution in [0.4, 0.5) is 4.39 Å². The standard InChI is InChI=1S/C20H18FN3O2/c1-13-12-15(9-10-16(13)21)20(25)24-11-5-8-17(24)19-22-18(23-26-19)14-6-3-2-4-7-14/h2-4,6-7,9-10,12,17H,5,8,11H2,1H3/t17-/m1/s1. The lowest BCUT2D eigenvalue weighted by atomic mass is 10.1. The molecule has 0 saturated carbocycles. The van der Waals surface area contributed by atoms with Crippen molar-refractivity contribution in [2.24, 2.45) is 0 Å². The highest BCUT2D eigenvalue weighted by Crippen LogP contribution is 2.33. The summed E-state index contributed by atoms with van der Waals surface area (Å²) in [5.74, 6) is 0.491. The summed E-state index contributed by atoms with van der Waals surface area (Å²) in [6, 6.07) is 13.7. The van der Waals surface area contributed by atoms with E-state index >= 15 is 0 Å². The molecule has 2 heterocycles. The van der Waals surface area contributed by atoms with Gasteiger partial charge in [-0.25, -0.2) is 4.39 Å². The fourth-order valence-corrected chi connectivity index (χ4v) is 3.29. The summed E-state index contributed by atoms with van der Waals surface area (Å²) >= 11 is 0. The smallest absolute Gasteiger partial charge is 0.254 e. The van der Waals surface area contributed by atoms with E-state index in [2.05, 4.69) is 10.1 Å². The van der Waals surface area contributed by atoms with Gasteiger partial charge >= 0.3 is 0 Å². The highest BCUT2D eigenvalue weighted by molar-refractivity contribution is 5.94. The van der Waals surface area contributed by atoms with Crippen molar-refractivity contribution < 1.29 is 13.7 Å². The highest BCUT2D eigenvalue weighted by Gasteiger charge is 2.34. The topological polar surface area (TPSA) is 59.2 Å². The maximum absolute atomic E-state index is 13.5. The van der Waals surface area contributed by atoms with Crippen LogP contribution in [0.25, 0.3) is 11.4 Å². The van der Waals surface area contributed by atoms with E-state index in [1.165, 1.54) is 12.1 Å². The second-order valence-corrected chi connectivity index (χ2v) is 6.44. The summed E-state index contributed by atoms with van der Waals surface area (Å²) in [4.78, 5) is 19.1. The van der Waals surface area contributed by atoms with E-state index in [1.807, 2.05) is 30.3 Å². The molecule has 26 heavy (non-hydrogen) atoms. The predicted molar refractivity (Wildman–Crippen MR) is 93.9 cm³/mol. The average Bonchev–Trinajstić information content (AvgIpc) is 3.33. The lowest BCUT2D eigenvalue weighted by molar-refractivity contribution is 0.0710. The fraction of sp³-hybridized carbons (Fsp3) is 0.250. The van der Waals surface area contributed by atoms with Gasteiger partial charge < -0.3 is 9.42 Å². The van der Waals surface area contributed by atoms with E-state index in [0.29, 0.717) is 29.4 Å². The van der Waals surface area contributed by atoms with Gasteiger partial charge in [0.15, 0.2) is 0 Å². The molecule has 0 bridgehead atoms. The summed E-state index contributed by atoms with van der Waals surface area (Å²) in [7, 11) is 0. The lowest BCUT2D eigenvalue weighted by Gasteiger charge is -2.22. The molecule has 2 aromatic carbocycles. The first kappa shape index (κ1) is 16.4. The van der Waals surface area contributed by atoms with Crippen molar-refractivity contribution in [3.8, 4) is 11.4 Å². The summed E-state index contributed by atoms with van der Waals surface area (Å²) in [6.07, 6.45) is 1.63. The molecule has 1 aliphatic heterocycles. The van der Waals surface area contributed by atoms with Crippen molar-refractivity contribution in [3.63, 3.8) is 0 Å². The molecule has 132 valence electrons. The SMILES string of the molecule is Cc1cc(C(=O)N2CCC[C@@H]2c2nc(-c3ccccc3)no2)ccc1F. The van der Waals surface area contributed by atoms with Crippen LogP contribution >= 0.6 is 0 Å². The largest absolute Gasteiger partial charge is 0.337 e. The molecule has 0 N–H and O–H groups in total. The lowest BCUT2D eigenvalue weighted by Crippen LogP contribution is -2.30. The number of hydrogen-bond donors (Lipinski definition) is 0.